The Bertz CT molecular complexity index is 1180. The van der Waals surface area contributed by atoms with Gasteiger partial charge in [-0.2, -0.15) is 0 Å². The maximum atomic E-state index is 14.4. The molecule has 1 aromatic carbocycles. The zero-order chi connectivity index (χ0) is 22.4. The second kappa shape index (κ2) is 8.02. The normalized spacial score (nSPS) is 22.2. The molecule has 2 aromatic heterocycles. The van der Waals surface area contributed by atoms with Crippen LogP contribution in [0.1, 0.15) is 21.7 Å². The van der Waals surface area contributed by atoms with Crippen LogP contribution in [-0.2, 0) is 0 Å². The monoisotopic (exact) mass is 435 g/mol. The summed E-state index contributed by atoms with van der Waals surface area (Å²) in [6.45, 7) is 5.98. The molecule has 3 atom stereocenters. The van der Waals surface area contributed by atoms with Gasteiger partial charge in [-0.1, -0.05) is 0 Å². The van der Waals surface area contributed by atoms with Crippen molar-refractivity contribution in [1.82, 2.24) is 20.3 Å². The maximum Gasteiger partial charge on any atom is 0.225 e. The van der Waals surface area contributed by atoms with Gasteiger partial charge in [-0.25, -0.2) is 18.7 Å². The van der Waals surface area contributed by atoms with E-state index in [4.69, 9.17) is 0 Å². The Morgan fingerprint density at radius 3 is 2.62 bits per heavy atom. The number of aryl methyl sites for hydroxylation is 2. The molecule has 5 rings (SSSR count). The number of anilines is 1. The average molecular weight is 435 g/mol. The zero-order valence-electron chi connectivity index (χ0n) is 17.8. The number of benzene rings is 1. The highest BCUT2D eigenvalue weighted by molar-refractivity contribution is 6.05. The molecule has 2 saturated heterocycles. The third kappa shape index (κ3) is 3.64. The molecular weight excluding hydrogens is 412 g/mol. The number of pyridine rings is 1. The molecule has 0 aliphatic carbocycles. The molecule has 4 heterocycles. The number of carbonyl (C=O) groups excluding carboxylic acids is 1. The SMILES string of the molecule is Cc1cc(C)nc(N2CC3CNC(C(=O)c4ccc(F)cc4-c4ncccc4F)C3C2)n1. The lowest BCUT2D eigenvalue weighted by molar-refractivity contribution is 0.0931. The third-order valence-electron chi connectivity index (χ3n) is 6.32. The van der Waals surface area contributed by atoms with Gasteiger partial charge in [0.05, 0.1) is 6.04 Å². The summed E-state index contributed by atoms with van der Waals surface area (Å²) in [7, 11) is 0. The Morgan fingerprint density at radius 2 is 1.88 bits per heavy atom. The number of Topliss-reactive ketones (excluding diaryl/α,β-unsaturated/α-hetero) is 1. The van der Waals surface area contributed by atoms with Gasteiger partial charge in [-0.15, -0.1) is 0 Å². The van der Waals surface area contributed by atoms with Gasteiger partial charge >= 0.3 is 0 Å². The van der Waals surface area contributed by atoms with Crippen molar-refractivity contribution < 1.29 is 13.6 Å². The van der Waals surface area contributed by atoms with E-state index in [1.54, 1.807) is 0 Å². The van der Waals surface area contributed by atoms with E-state index in [1.165, 1.54) is 36.5 Å². The van der Waals surface area contributed by atoms with Crippen molar-refractivity contribution in [3.05, 3.63) is 71.2 Å². The van der Waals surface area contributed by atoms with Gasteiger partial charge in [0.15, 0.2) is 5.78 Å². The van der Waals surface area contributed by atoms with Gasteiger partial charge < -0.3 is 10.2 Å². The van der Waals surface area contributed by atoms with Crippen LogP contribution in [0.5, 0.6) is 0 Å². The first kappa shape index (κ1) is 20.6. The molecule has 164 valence electrons. The van der Waals surface area contributed by atoms with Crippen molar-refractivity contribution >= 4 is 11.7 Å². The minimum absolute atomic E-state index is 0.0263. The van der Waals surface area contributed by atoms with Crippen molar-refractivity contribution in [1.29, 1.82) is 0 Å². The topological polar surface area (TPSA) is 71.0 Å². The molecule has 0 saturated carbocycles. The molecular formula is C24H23F2N5O. The minimum atomic E-state index is -0.594. The van der Waals surface area contributed by atoms with E-state index in [-0.39, 0.29) is 34.4 Å². The highest BCUT2D eigenvalue weighted by Gasteiger charge is 2.46. The van der Waals surface area contributed by atoms with E-state index in [9.17, 15) is 13.6 Å². The van der Waals surface area contributed by atoms with Crippen LogP contribution in [0.3, 0.4) is 0 Å². The van der Waals surface area contributed by atoms with Crippen LogP contribution in [0.25, 0.3) is 11.3 Å². The summed E-state index contributed by atoms with van der Waals surface area (Å²) in [5.74, 6) is -0.314. The number of rotatable bonds is 4. The minimum Gasteiger partial charge on any atom is -0.340 e. The van der Waals surface area contributed by atoms with Gasteiger partial charge in [-0.3, -0.25) is 9.78 Å². The predicted molar refractivity (Wildman–Crippen MR) is 116 cm³/mol. The number of fused-ring (bicyclic) bond motifs is 1. The Morgan fingerprint density at radius 1 is 1.09 bits per heavy atom. The first-order valence-electron chi connectivity index (χ1n) is 10.7. The number of hydrogen-bond acceptors (Lipinski definition) is 6. The lowest BCUT2D eigenvalue weighted by Gasteiger charge is -2.22. The second-order valence-corrected chi connectivity index (χ2v) is 8.55. The summed E-state index contributed by atoms with van der Waals surface area (Å²) in [5.41, 5.74) is 2.22. The van der Waals surface area contributed by atoms with Crippen LogP contribution >= 0.6 is 0 Å². The van der Waals surface area contributed by atoms with E-state index in [0.717, 1.165) is 17.9 Å². The van der Waals surface area contributed by atoms with Gasteiger partial charge in [0.2, 0.25) is 5.95 Å². The Labute approximate surface area is 184 Å². The Kier molecular flexibility index (Phi) is 5.17. The molecule has 0 spiro atoms. The standard InChI is InChI=1S/C24H23F2N5O/c1-13-8-14(2)30-24(29-13)31-11-15-10-28-22(19(15)12-31)23(32)17-6-5-16(25)9-18(17)21-20(26)4-3-7-27-21/h3-9,15,19,22,28H,10-12H2,1-2H3. The zero-order valence-corrected chi connectivity index (χ0v) is 17.8. The number of hydrogen-bond donors (Lipinski definition) is 1. The quantitative estimate of drug-likeness (QED) is 0.634. The fraction of sp³-hybridized carbons (Fsp3) is 0.333. The summed E-state index contributed by atoms with van der Waals surface area (Å²) >= 11 is 0. The van der Waals surface area contributed by atoms with E-state index in [0.29, 0.717) is 19.0 Å². The molecule has 3 aromatic rings. The van der Waals surface area contributed by atoms with E-state index in [2.05, 4.69) is 25.2 Å². The molecule has 2 aliphatic rings. The molecule has 0 bridgehead atoms. The van der Waals surface area contributed by atoms with Crippen molar-refractivity contribution in [2.45, 2.75) is 19.9 Å². The molecule has 6 nitrogen and oxygen atoms in total. The molecule has 8 heteroatoms. The lowest BCUT2D eigenvalue weighted by Crippen LogP contribution is -2.39. The number of aromatic nitrogens is 3. The summed E-state index contributed by atoms with van der Waals surface area (Å²) < 4.78 is 28.4. The lowest BCUT2D eigenvalue weighted by atomic mass is 9.87. The van der Waals surface area contributed by atoms with Gasteiger partial charge in [0.1, 0.15) is 17.3 Å². The summed E-state index contributed by atoms with van der Waals surface area (Å²) in [6.07, 6.45) is 1.43. The average Bonchev–Trinajstić information content (AvgIpc) is 3.34. The Hall–Kier alpha value is -3.26. The molecule has 3 unspecified atom stereocenters. The third-order valence-corrected chi connectivity index (χ3v) is 6.32. The second-order valence-electron chi connectivity index (χ2n) is 8.55. The van der Waals surface area contributed by atoms with Crippen molar-refractivity contribution in [3.8, 4) is 11.3 Å². The molecule has 2 fully saturated rings. The predicted octanol–water partition coefficient (Wildman–Crippen LogP) is 3.34. The summed E-state index contributed by atoms with van der Waals surface area (Å²) in [4.78, 5) is 28.9. The number of ketones is 1. The molecule has 0 radical (unpaired) electrons. The summed E-state index contributed by atoms with van der Waals surface area (Å²) in [5, 5.41) is 3.33. The smallest absolute Gasteiger partial charge is 0.225 e. The first-order chi connectivity index (χ1) is 15.4. The molecule has 1 N–H and O–H groups in total. The van der Waals surface area contributed by atoms with Crippen LogP contribution in [0.2, 0.25) is 0 Å². The van der Waals surface area contributed by atoms with Crippen LogP contribution in [0, 0.1) is 37.3 Å². The molecule has 32 heavy (non-hydrogen) atoms. The number of carbonyl (C=O) groups is 1. The van der Waals surface area contributed by atoms with Crippen LogP contribution < -0.4 is 10.2 Å². The van der Waals surface area contributed by atoms with E-state index in [1.807, 2.05) is 19.9 Å². The van der Waals surface area contributed by atoms with Crippen molar-refractivity contribution in [2.24, 2.45) is 11.8 Å². The number of nitrogens with one attached hydrogen (secondary N) is 1. The van der Waals surface area contributed by atoms with Crippen LogP contribution in [-0.4, -0.2) is 46.4 Å². The highest BCUT2D eigenvalue weighted by Crippen LogP contribution is 2.35. The van der Waals surface area contributed by atoms with Crippen molar-refractivity contribution in [2.75, 3.05) is 24.5 Å². The van der Waals surface area contributed by atoms with Crippen LogP contribution in [0.15, 0.2) is 42.6 Å². The highest BCUT2D eigenvalue weighted by atomic mass is 19.1. The van der Waals surface area contributed by atoms with E-state index < -0.39 is 17.7 Å². The van der Waals surface area contributed by atoms with Gasteiger partial charge in [0.25, 0.3) is 0 Å². The van der Waals surface area contributed by atoms with E-state index >= 15 is 0 Å². The summed E-state index contributed by atoms with van der Waals surface area (Å²) in [6, 6.07) is 8.03. The van der Waals surface area contributed by atoms with Crippen molar-refractivity contribution in [3.63, 3.8) is 0 Å². The van der Waals surface area contributed by atoms with Gasteiger partial charge in [0, 0.05) is 54.3 Å². The number of halogens is 2. The largest absolute Gasteiger partial charge is 0.340 e. The number of nitrogens with zero attached hydrogens (tertiary/aromatic N) is 4. The maximum absolute atomic E-state index is 14.4. The van der Waals surface area contributed by atoms with Gasteiger partial charge in [-0.05, 0) is 56.2 Å². The fourth-order valence-electron chi connectivity index (χ4n) is 4.90. The fourth-order valence-corrected chi connectivity index (χ4v) is 4.90. The Balaban J connectivity index is 1.44. The molecule has 0 amide bonds. The first-order valence-corrected chi connectivity index (χ1v) is 10.7. The van der Waals surface area contributed by atoms with Crippen LogP contribution in [0.4, 0.5) is 14.7 Å². The molecule has 2 aliphatic heterocycles.